The summed E-state index contributed by atoms with van der Waals surface area (Å²) >= 11 is 0. The van der Waals surface area contributed by atoms with Crippen molar-refractivity contribution in [2.24, 2.45) is 0 Å². The number of fused-ring (bicyclic) bond motifs is 2. The lowest BCUT2D eigenvalue weighted by Gasteiger charge is -2.26. The fourth-order valence-electron chi connectivity index (χ4n) is 5.05. The molecule has 0 bridgehead atoms. The number of aliphatic hydroxyl groups is 1. The SMILES string of the molecule is CC(C)Oc1ccc(-c2nc(-c3cccc4c3CCC43CCC(CO)N3)no2)cc1C#N. The first kappa shape index (κ1) is 20.7. The predicted octanol–water partition coefficient (Wildman–Crippen LogP) is 3.95. The van der Waals surface area contributed by atoms with Gasteiger partial charge in [0.1, 0.15) is 11.8 Å². The van der Waals surface area contributed by atoms with E-state index in [1.54, 1.807) is 12.1 Å². The minimum absolute atomic E-state index is 0.0200. The van der Waals surface area contributed by atoms with Crippen molar-refractivity contribution in [3.05, 3.63) is 53.1 Å². The Kier molecular flexibility index (Phi) is 5.20. The van der Waals surface area contributed by atoms with Crippen LogP contribution in [0.2, 0.25) is 0 Å². The van der Waals surface area contributed by atoms with Crippen LogP contribution in [0.25, 0.3) is 22.8 Å². The zero-order chi connectivity index (χ0) is 22.3. The summed E-state index contributed by atoms with van der Waals surface area (Å²) in [6.45, 7) is 4.01. The third-order valence-electron chi connectivity index (χ3n) is 6.49. The Morgan fingerprint density at radius 3 is 2.94 bits per heavy atom. The van der Waals surface area contributed by atoms with Gasteiger partial charge in [-0.3, -0.25) is 0 Å². The molecule has 0 amide bonds. The second-order valence-corrected chi connectivity index (χ2v) is 8.89. The summed E-state index contributed by atoms with van der Waals surface area (Å²) in [4.78, 5) is 4.65. The molecule has 1 spiro atoms. The molecule has 2 N–H and O–H groups in total. The van der Waals surface area contributed by atoms with Crippen molar-refractivity contribution >= 4 is 0 Å². The highest BCUT2D eigenvalue weighted by Crippen LogP contribution is 2.46. The van der Waals surface area contributed by atoms with Crippen LogP contribution in [0.1, 0.15) is 49.8 Å². The average Bonchev–Trinajstić information content (AvgIpc) is 3.53. The van der Waals surface area contributed by atoms with Crippen LogP contribution in [-0.2, 0) is 12.0 Å². The number of benzene rings is 2. The molecule has 3 aromatic rings. The molecule has 5 rings (SSSR count). The Bertz CT molecular complexity index is 1200. The monoisotopic (exact) mass is 430 g/mol. The molecule has 2 unspecified atom stereocenters. The van der Waals surface area contributed by atoms with Crippen LogP contribution in [0.5, 0.6) is 5.75 Å². The van der Waals surface area contributed by atoms with Gasteiger partial charge >= 0.3 is 0 Å². The van der Waals surface area contributed by atoms with Gasteiger partial charge in [0.15, 0.2) is 0 Å². The van der Waals surface area contributed by atoms with E-state index in [9.17, 15) is 10.4 Å². The summed E-state index contributed by atoms with van der Waals surface area (Å²) in [5.74, 6) is 1.46. The Morgan fingerprint density at radius 2 is 2.19 bits per heavy atom. The Morgan fingerprint density at radius 1 is 1.31 bits per heavy atom. The smallest absolute Gasteiger partial charge is 0.258 e. The van der Waals surface area contributed by atoms with Gasteiger partial charge in [-0.25, -0.2) is 0 Å². The molecule has 1 saturated heterocycles. The second kappa shape index (κ2) is 8.05. The van der Waals surface area contributed by atoms with E-state index in [-0.39, 0.29) is 24.3 Å². The number of hydrogen-bond acceptors (Lipinski definition) is 7. The average molecular weight is 431 g/mol. The first-order chi connectivity index (χ1) is 15.5. The van der Waals surface area contributed by atoms with Crippen LogP contribution in [0.3, 0.4) is 0 Å². The van der Waals surface area contributed by atoms with Crippen molar-refractivity contribution in [1.29, 1.82) is 5.26 Å². The normalized spacial score (nSPS) is 21.8. The molecule has 1 aliphatic carbocycles. The van der Waals surface area contributed by atoms with Gasteiger partial charge in [0, 0.05) is 22.7 Å². The Hall–Kier alpha value is -3.21. The first-order valence-electron chi connectivity index (χ1n) is 11.1. The fourth-order valence-corrected chi connectivity index (χ4v) is 5.05. The van der Waals surface area contributed by atoms with Crippen LogP contribution < -0.4 is 10.1 Å². The van der Waals surface area contributed by atoms with E-state index in [2.05, 4.69) is 27.6 Å². The number of aromatic nitrogens is 2. The van der Waals surface area contributed by atoms with Gasteiger partial charge in [0.05, 0.1) is 18.3 Å². The molecule has 7 nitrogen and oxygen atoms in total. The Labute approximate surface area is 187 Å². The minimum Gasteiger partial charge on any atom is -0.490 e. The van der Waals surface area contributed by atoms with Crippen molar-refractivity contribution in [2.45, 2.75) is 57.2 Å². The third-order valence-corrected chi connectivity index (χ3v) is 6.49. The molecule has 7 heteroatoms. The summed E-state index contributed by atoms with van der Waals surface area (Å²) in [6.07, 6.45) is 3.91. The van der Waals surface area contributed by atoms with Crippen molar-refractivity contribution in [3.63, 3.8) is 0 Å². The maximum Gasteiger partial charge on any atom is 0.258 e. The van der Waals surface area contributed by atoms with Crippen molar-refractivity contribution in [2.75, 3.05) is 6.61 Å². The van der Waals surface area contributed by atoms with Crippen LogP contribution in [-0.4, -0.2) is 34.0 Å². The fraction of sp³-hybridized carbons (Fsp3) is 0.400. The van der Waals surface area contributed by atoms with Crippen LogP contribution in [0.4, 0.5) is 0 Å². The van der Waals surface area contributed by atoms with Gasteiger partial charge in [-0.2, -0.15) is 10.2 Å². The summed E-state index contributed by atoms with van der Waals surface area (Å²) < 4.78 is 11.3. The quantitative estimate of drug-likeness (QED) is 0.631. The molecule has 32 heavy (non-hydrogen) atoms. The molecule has 2 heterocycles. The van der Waals surface area contributed by atoms with Gasteiger partial charge in [-0.15, -0.1) is 0 Å². The Balaban J connectivity index is 1.47. The van der Waals surface area contributed by atoms with Crippen molar-refractivity contribution in [3.8, 4) is 34.7 Å². The molecule has 0 radical (unpaired) electrons. The molecule has 1 aromatic heterocycles. The number of nitrogens with zero attached hydrogens (tertiary/aromatic N) is 3. The first-order valence-corrected chi connectivity index (χ1v) is 11.1. The number of aliphatic hydroxyl groups excluding tert-OH is 1. The summed E-state index contributed by atoms with van der Waals surface area (Å²) in [7, 11) is 0. The number of rotatable bonds is 5. The van der Waals surface area contributed by atoms with Crippen molar-refractivity contribution in [1.82, 2.24) is 15.5 Å². The lowest BCUT2D eigenvalue weighted by atomic mass is 9.89. The van der Waals surface area contributed by atoms with E-state index in [1.807, 2.05) is 32.0 Å². The van der Waals surface area contributed by atoms with Crippen LogP contribution >= 0.6 is 0 Å². The highest BCUT2D eigenvalue weighted by molar-refractivity contribution is 5.67. The van der Waals surface area contributed by atoms with Gasteiger partial charge < -0.3 is 19.7 Å². The topological polar surface area (TPSA) is 104 Å². The van der Waals surface area contributed by atoms with E-state index in [1.165, 1.54) is 11.1 Å². The molecule has 0 saturated carbocycles. The number of ether oxygens (including phenoxy) is 1. The minimum atomic E-state index is -0.0702. The van der Waals surface area contributed by atoms with Crippen LogP contribution in [0, 0.1) is 11.3 Å². The van der Waals surface area contributed by atoms with Gasteiger partial charge in [-0.05, 0) is 68.9 Å². The van der Waals surface area contributed by atoms with E-state index < -0.39 is 0 Å². The number of hydrogen-bond donors (Lipinski definition) is 2. The number of nitrogens with one attached hydrogen (secondary N) is 1. The number of nitriles is 1. The zero-order valence-electron chi connectivity index (χ0n) is 18.3. The van der Waals surface area contributed by atoms with Gasteiger partial charge in [0.25, 0.3) is 5.89 Å². The molecule has 1 aliphatic heterocycles. The maximum atomic E-state index is 9.58. The molecular weight excluding hydrogens is 404 g/mol. The predicted molar refractivity (Wildman–Crippen MR) is 119 cm³/mol. The van der Waals surface area contributed by atoms with Gasteiger partial charge in [0.2, 0.25) is 5.82 Å². The largest absolute Gasteiger partial charge is 0.490 e. The molecule has 2 aliphatic rings. The maximum absolute atomic E-state index is 9.58. The molecule has 2 atom stereocenters. The standard InChI is InChI=1S/C25H26N4O3/c1-15(2)31-22-7-6-16(12-17(22)13-26)24-27-23(29-32-24)20-4-3-5-21-19(20)9-11-25(21)10-8-18(14-30)28-25/h3-7,12,15,18,28,30H,8-11,14H2,1-2H3. The van der Waals surface area contributed by atoms with Crippen molar-refractivity contribution < 1.29 is 14.4 Å². The van der Waals surface area contributed by atoms with E-state index in [0.717, 1.165) is 31.2 Å². The van der Waals surface area contributed by atoms with E-state index >= 15 is 0 Å². The third kappa shape index (κ3) is 3.46. The van der Waals surface area contributed by atoms with Gasteiger partial charge in [-0.1, -0.05) is 23.4 Å². The lowest BCUT2D eigenvalue weighted by Crippen LogP contribution is -2.40. The molecule has 1 fully saturated rings. The summed E-state index contributed by atoms with van der Waals surface area (Å²) in [6, 6.07) is 13.9. The highest BCUT2D eigenvalue weighted by atomic mass is 16.5. The molecular formula is C25H26N4O3. The summed E-state index contributed by atoms with van der Waals surface area (Å²) in [5.41, 5.74) is 4.54. The lowest BCUT2D eigenvalue weighted by molar-refractivity contribution is 0.238. The van der Waals surface area contributed by atoms with E-state index in [0.29, 0.717) is 28.6 Å². The zero-order valence-corrected chi connectivity index (χ0v) is 18.3. The second-order valence-electron chi connectivity index (χ2n) is 8.89. The highest BCUT2D eigenvalue weighted by Gasteiger charge is 2.44. The van der Waals surface area contributed by atoms with E-state index in [4.69, 9.17) is 9.26 Å². The van der Waals surface area contributed by atoms with Crippen LogP contribution in [0.15, 0.2) is 40.9 Å². The molecule has 2 aromatic carbocycles. The summed E-state index contributed by atoms with van der Waals surface area (Å²) in [5, 5.41) is 27.0. The molecule has 164 valence electrons.